The van der Waals surface area contributed by atoms with Crippen LogP contribution in [0.4, 0.5) is 6.01 Å². The van der Waals surface area contributed by atoms with Crippen molar-refractivity contribution in [2.75, 3.05) is 0 Å². The second-order valence-corrected chi connectivity index (χ2v) is 4.77. The number of hydrogen-bond acceptors (Lipinski definition) is 5. The second-order valence-electron chi connectivity index (χ2n) is 4.77. The molecule has 0 saturated carbocycles. The second kappa shape index (κ2) is 5.61. The summed E-state index contributed by atoms with van der Waals surface area (Å²) in [7, 11) is 0. The molecular formula is C15H12N6O. The van der Waals surface area contributed by atoms with E-state index in [0.29, 0.717) is 5.82 Å². The van der Waals surface area contributed by atoms with E-state index in [-0.39, 0.29) is 11.9 Å². The van der Waals surface area contributed by atoms with Crippen LogP contribution < -0.4 is 0 Å². The molecule has 108 valence electrons. The van der Waals surface area contributed by atoms with Gasteiger partial charge in [-0.3, -0.25) is 0 Å². The Balaban J connectivity index is 1.83. The maximum atomic E-state index is 6.76. The normalized spacial score (nSPS) is 11.0. The summed E-state index contributed by atoms with van der Waals surface area (Å²) >= 11 is 0. The largest absolute Gasteiger partial charge is 0.475 e. The number of benzene rings is 1. The van der Waals surface area contributed by atoms with E-state index in [2.05, 4.69) is 31.2 Å². The molecule has 0 unspecified atom stereocenters. The van der Waals surface area contributed by atoms with Crippen LogP contribution in [-0.4, -0.2) is 25.0 Å². The Morgan fingerprint density at radius 1 is 1.18 bits per heavy atom. The Labute approximate surface area is 126 Å². The molecule has 0 spiro atoms. The quantitative estimate of drug-likeness (QED) is 0.693. The van der Waals surface area contributed by atoms with Gasteiger partial charge in [0.05, 0.1) is 0 Å². The molecule has 0 N–H and O–H groups in total. The highest BCUT2D eigenvalue weighted by atomic mass is 16.4. The highest BCUT2D eigenvalue weighted by molar-refractivity contribution is 5.58. The maximum Gasteiger partial charge on any atom is 0.475 e. The van der Waals surface area contributed by atoms with Crippen molar-refractivity contribution in [3.8, 4) is 11.4 Å². The van der Waals surface area contributed by atoms with Crippen LogP contribution in [0.1, 0.15) is 17.0 Å². The van der Waals surface area contributed by atoms with Crippen LogP contribution >= 0.6 is 0 Å². The molecule has 0 aliphatic carbocycles. The number of rotatable bonds is 3. The summed E-state index contributed by atoms with van der Waals surface area (Å²) in [6.07, 6.45) is 4.80. The topological polar surface area (TPSA) is 74.0 Å². The van der Waals surface area contributed by atoms with Crippen LogP contribution in [0, 0.1) is 20.4 Å². The fourth-order valence-corrected chi connectivity index (χ4v) is 2.06. The molecule has 7 nitrogen and oxygen atoms in total. The SMILES string of the molecule is [C-]#[N+]c1nnc(/C=C\n2cnc(-c3cc(C)cc(C)c3)n2)o1. The molecule has 1 aromatic carbocycles. The molecule has 0 amide bonds. The summed E-state index contributed by atoms with van der Waals surface area (Å²) in [6, 6.07) is 6.09. The third kappa shape index (κ3) is 2.91. The monoisotopic (exact) mass is 292 g/mol. The van der Waals surface area contributed by atoms with Crippen molar-refractivity contribution in [3.63, 3.8) is 0 Å². The standard InChI is InChI=1S/C15H12N6O/c1-10-6-11(2)8-12(7-10)14-17-9-21(20-14)5-4-13-18-19-15(16-3)22-13/h4-9H,1-2H3/b5-4-. The van der Waals surface area contributed by atoms with E-state index in [1.807, 2.05) is 26.0 Å². The maximum absolute atomic E-state index is 6.76. The summed E-state index contributed by atoms with van der Waals surface area (Å²) < 4.78 is 6.60. The zero-order chi connectivity index (χ0) is 15.5. The van der Waals surface area contributed by atoms with E-state index in [1.165, 1.54) is 11.1 Å². The first-order valence-electron chi connectivity index (χ1n) is 6.53. The predicted octanol–water partition coefficient (Wildman–Crippen LogP) is 3.12. The van der Waals surface area contributed by atoms with Crippen molar-refractivity contribution in [2.45, 2.75) is 13.8 Å². The lowest BCUT2D eigenvalue weighted by molar-refractivity contribution is 0.567. The number of hydrogen-bond donors (Lipinski definition) is 0. The highest BCUT2D eigenvalue weighted by Gasteiger charge is 2.06. The van der Waals surface area contributed by atoms with Crippen LogP contribution in [0.15, 0.2) is 28.9 Å². The molecule has 3 rings (SSSR count). The van der Waals surface area contributed by atoms with Crippen molar-refractivity contribution in [3.05, 3.63) is 53.0 Å². The molecule has 7 heteroatoms. The Bertz CT molecular complexity index is 863. The number of aryl methyl sites for hydroxylation is 2. The van der Waals surface area contributed by atoms with Crippen molar-refractivity contribution < 1.29 is 4.42 Å². The van der Waals surface area contributed by atoms with Crippen LogP contribution in [0.5, 0.6) is 0 Å². The Hall–Kier alpha value is -3.27. The zero-order valence-corrected chi connectivity index (χ0v) is 12.1. The van der Waals surface area contributed by atoms with E-state index in [0.717, 1.165) is 5.56 Å². The van der Waals surface area contributed by atoms with Crippen LogP contribution in [0.25, 0.3) is 28.5 Å². The zero-order valence-electron chi connectivity index (χ0n) is 12.1. The van der Waals surface area contributed by atoms with E-state index < -0.39 is 0 Å². The molecule has 2 aromatic heterocycles. The van der Waals surface area contributed by atoms with E-state index >= 15 is 0 Å². The number of nitrogens with zero attached hydrogens (tertiary/aromatic N) is 6. The average Bonchev–Trinajstić information content (AvgIpc) is 3.13. The fraction of sp³-hybridized carbons (Fsp3) is 0.133. The Morgan fingerprint density at radius 2 is 1.95 bits per heavy atom. The van der Waals surface area contributed by atoms with Crippen LogP contribution in [0.3, 0.4) is 0 Å². The fourth-order valence-electron chi connectivity index (χ4n) is 2.06. The summed E-state index contributed by atoms with van der Waals surface area (Å²) in [5, 5.41) is 11.6. The molecule has 0 fully saturated rings. The van der Waals surface area contributed by atoms with Gasteiger partial charge in [-0.05, 0) is 31.1 Å². The van der Waals surface area contributed by atoms with Gasteiger partial charge < -0.3 is 9.26 Å². The van der Waals surface area contributed by atoms with Crippen molar-refractivity contribution in [1.82, 2.24) is 25.0 Å². The van der Waals surface area contributed by atoms with Crippen molar-refractivity contribution >= 4 is 18.3 Å². The van der Waals surface area contributed by atoms with Gasteiger partial charge in [0.1, 0.15) is 6.33 Å². The van der Waals surface area contributed by atoms with Gasteiger partial charge in [0.2, 0.25) is 0 Å². The minimum Gasteiger partial charge on any atom is -0.444 e. The first-order chi connectivity index (χ1) is 10.6. The molecule has 0 aliphatic rings. The van der Waals surface area contributed by atoms with Gasteiger partial charge >= 0.3 is 6.01 Å². The molecule has 0 bridgehead atoms. The van der Waals surface area contributed by atoms with E-state index in [9.17, 15) is 0 Å². The third-order valence-electron chi connectivity index (χ3n) is 2.88. The lowest BCUT2D eigenvalue weighted by Crippen LogP contribution is -1.89. The molecular weight excluding hydrogens is 280 g/mol. The lowest BCUT2D eigenvalue weighted by Gasteiger charge is -2.00. The number of aromatic nitrogens is 5. The van der Waals surface area contributed by atoms with Crippen LogP contribution in [0.2, 0.25) is 0 Å². The Morgan fingerprint density at radius 3 is 2.64 bits per heavy atom. The Kier molecular flexibility index (Phi) is 3.50. The van der Waals surface area contributed by atoms with Gasteiger partial charge in [-0.25, -0.2) is 9.67 Å². The lowest BCUT2D eigenvalue weighted by atomic mass is 10.1. The molecule has 0 radical (unpaired) electrons. The van der Waals surface area contributed by atoms with Gasteiger partial charge in [0, 0.05) is 22.9 Å². The summed E-state index contributed by atoms with van der Waals surface area (Å²) in [5.74, 6) is 0.887. The van der Waals surface area contributed by atoms with E-state index in [4.69, 9.17) is 11.0 Å². The molecule has 0 saturated heterocycles. The van der Waals surface area contributed by atoms with Crippen molar-refractivity contribution in [2.24, 2.45) is 0 Å². The molecule has 22 heavy (non-hydrogen) atoms. The first-order valence-corrected chi connectivity index (χ1v) is 6.53. The summed E-state index contributed by atoms with van der Waals surface area (Å²) in [5.41, 5.74) is 3.30. The summed E-state index contributed by atoms with van der Waals surface area (Å²) in [6.45, 7) is 10.8. The highest BCUT2D eigenvalue weighted by Crippen LogP contribution is 2.18. The smallest absolute Gasteiger partial charge is 0.444 e. The van der Waals surface area contributed by atoms with Crippen molar-refractivity contribution in [1.29, 1.82) is 0 Å². The van der Waals surface area contributed by atoms with Gasteiger partial charge in [-0.2, -0.15) is 0 Å². The molecule has 3 aromatic rings. The minimum absolute atomic E-state index is 0.0887. The molecule has 0 atom stereocenters. The predicted molar refractivity (Wildman–Crippen MR) is 80.7 cm³/mol. The molecule has 0 aliphatic heterocycles. The first kappa shape index (κ1) is 13.7. The average molecular weight is 292 g/mol. The molecule has 2 heterocycles. The van der Waals surface area contributed by atoms with Gasteiger partial charge in [0.15, 0.2) is 5.82 Å². The van der Waals surface area contributed by atoms with Gasteiger partial charge in [0.25, 0.3) is 5.89 Å². The van der Waals surface area contributed by atoms with Gasteiger partial charge in [-0.15, -0.1) is 5.10 Å². The van der Waals surface area contributed by atoms with Gasteiger partial charge in [-0.1, -0.05) is 23.8 Å². The van der Waals surface area contributed by atoms with Crippen LogP contribution in [-0.2, 0) is 0 Å². The summed E-state index contributed by atoms with van der Waals surface area (Å²) in [4.78, 5) is 7.34. The van der Waals surface area contributed by atoms with E-state index in [1.54, 1.807) is 23.3 Å². The third-order valence-corrected chi connectivity index (χ3v) is 2.88. The minimum atomic E-state index is -0.0887.